The van der Waals surface area contributed by atoms with Gasteiger partial charge in [0.05, 0.1) is 19.5 Å². The lowest BCUT2D eigenvalue weighted by atomic mass is 10.3. The molecule has 1 fully saturated rings. The number of hydrogen-bond acceptors (Lipinski definition) is 3. The summed E-state index contributed by atoms with van der Waals surface area (Å²) in [6.07, 6.45) is 3.85. The van der Waals surface area contributed by atoms with Crippen molar-refractivity contribution in [2.24, 2.45) is 0 Å². The molecule has 0 saturated carbocycles. The third-order valence-corrected chi connectivity index (χ3v) is 2.43. The molecular formula is C11H18NO3+. The van der Waals surface area contributed by atoms with Crippen LogP contribution in [-0.2, 0) is 16.0 Å². The van der Waals surface area contributed by atoms with Gasteiger partial charge in [0.15, 0.2) is 5.76 Å². The van der Waals surface area contributed by atoms with Crippen LogP contribution in [0.2, 0.25) is 0 Å². The summed E-state index contributed by atoms with van der Waals surface area (Å²) in [4.78, 5) is 0. The van der Waals surface area contributed by atoms with E-state index >= 15 is 0 Å². The zero-order valence-corrected chi connectivity index (χ0v) is 8.85. The van der Waals surface area contributed by atoms with Crippen LogP contribution in [0, 0.1) is 0 Å². The largest absolute Gasteiger partial charge is 0.463 e. The zero-order chi connectivity index (χ0) is 10.3. The summed E-state index contributed by atoms with van der Waals surface area (Å²) >= 11 is 0. The second-order valence-corrected chi connectivity index (χ2v) is 3.69. The minimum absolute atomic E-state index is 0.0533. The second-order valence-electron chi connectivity index (χ2n) is 3.69. The minimum atomic E-state index is -0.0533. The predicted molar refractivity (Wildman–Crippen MR) is 54.1 cm³/mol. The third kappa shape index (κ3) is 3.66. The highest BCUT2D eigenvalue weighted by Gasteiger charge is 2.14. The monoisotopic (exact) mass is 212 g/mol. The Hall–Kier alpha value is -0.840. The fraction of sp³-hybridized carbons (Fsp3) is 0.636. The summed E-state index contributed by atoms with van der Waals surface area (Å²) in [6, 6.07) is 3.88. The van der Waals surface area contributed by atoms with Crippen molar-refractivity contribution >= 4 is 0 Å². The lowest BCUT2D eigenvalue weighted by Gasteiger charge is -2.13. The molecule has 84 valence electrons. The minimum Gasteiger partial charge on any atom is -0.463 e. The molecule has 0 amide bonds. The van der Waals surface area contributed by atoms with Gasteiger partial charge in [-0.3, -0.25) is 0 Å². The first-order valence-electron chi connectivity index (χ1n) is 5.52. The van der Waals surface area contributed by atoms with Gasteiger partial charge in [-0.1, -0.05) is 0 Å². The molecule has 0 bridgehead atoms. The van der Waals surface area contributed by atoms with Crippen LogP contribution in [0.3, 0.4) is 0 Å². The molecule has 4 heteroatoms. The van der Waals surface area contributed by atoms with E-state index in [1.54, 1.807) is 6.26 Å². The molecule has 2 heterocycles. The maximum absolute atomic E-state index is 5.54. The van der Waals surface area contributed by atoms with Crippen molar-refractivity contribution in [3.05, 3.63) is 24.2 Å². The van der Waals surface area contributed by atoms with Crippen molar-refractivity contribution in [1.82, 2.24) is 0 Å². The molecule has 15 heavy (non-hydrogen) atoms. The summed E-state index contributed by atoms with van der Waals surface area (Å²) in [5.74, 6) is 0.989. The summed E-state index contributed by atoms with van der Waals surface area (Å²) < 4.78 is 16.3. The van der Waals surface area contributed by atoms with Crippen LogP contribution >= 0.6 is 0 Å². The van der Waals surface area contributed by atoms with Gasteiger partial charge in [0.2, 0.25) is 6.29 Å². The van der Waals surface area contributed by atoms with Crippen molar-refractivity contribution in [2.75, 3.05) is 19.8 Å². The molecule has 1 aliphatic heterocycles. The first-order valence-corrected chi connectivity index (χ1v) is 5.52. The zero-order valence-electron chi connectivity index (χ0n) is 8.85. The molecular weight excluding hydrogens is 194 g/mol. The van der Waals surface area contributed by atoms with Crippen molar-refractivity contribution in [1.29, 1.82) is 0 Å². The van der Waals surface area contributed by atoms with Gasteiger partial charge in [-0.25, -0.2) is 0 Å². The molecule has 0 unspecified atom stereocenters. The van der Waals surface area contributed by atoms with Gasteiger partial charge in [-0.05, 0) is 25.0 Å². The van der Waals surface area contributed by atoms with Crippen LogP contribution in [0.5, 0.6) is 0 Å². The molecule has 2 rings (SSSR count). The Balaban J connectivity index is 1.64. The normalized spacial score (nSPS) is 18.9. The van der Waals surface area contributed by atoms with E-state index in [9.17, 15) is 0 Å². The number of nitrogens with two attached hydrogens (primary N) is 1. The van der Waals surface area contributed by atoms with Crippen LogP contribution in [-0.4, -0.2) is 26.0 Å². The van der Waals surface area contributed by atoms with Gasteiger partial charge in [-0.15, -0.1) is 0 Å². The SMILES string of the molecule is c1coc(C[NH2+]CC2OCCCCO2)c1. The number of quaternary nitrogens is 1. The lowest BCUT2D eigenvalue weighted by Crippen LogP contribution is -2.85. The van der Waals surface area contributed by atoms with E-state index in [0.717, 1.165) is 44.9 Å². The molecule has 1 saturated heterocycles. The molecule has 0 spiro atoms. The van der Waals surface area contributed by atoms with Crippen molar-refractivity contribution in [3.8, 4) is 0 Å². The Bertz CT molecular complexity index is 253. The molecule has 1 aromatic rings. The fourth-order valence-corrected chi connectivity index (χ4v) is 1.61. The highest BCUT2D eigenvalue weighted by Crippen LogP contribution is 2.03. The molecule has 0 atom stereocenters. The second kappa shape index (κ2) is 5.90. The topological polar surface area (TPSA) is 48.2 Å². The number of furan rings is 1. The Morgan fingerprint density at radius 2 is 2.07 bits per heavy atom. The van der Waals surface area contributed by atoms with Crippen molar-refractivity contribution in [3.63, 3.8) is 0 Å². The van der Waals surface area contributed by atoms with E-state index in [2.05, 4.69) is 5.32 Å². The van der Waals surface area contributed by atoms with Gasteiger partial charge < -0.3 is 19.2 Å². The fourth-order valence-electron chi connectivity index (χ4n) is 1.61. The van der Waals surface area contributed by atoms with Crippen LogP contribution in [0.15, 0.2) is 22.8 Å². The average molecular weight is 212 g/mol. The molecule has 1 aliphatic rings. The van der Waals surface area contributed by atoms with E-state index in [1.807, 2.05) is 12.1 Å². The van der Waals surface area contributed by atoms with Gasteiger partial charge in [0.1, 0.15) is 13.1 Å². The lowest BCUT2D eigenvalue weighted by molar-refractivity contribution is -0.684. The number of rotatable bonds is 4. The Kier molecular flexibility index (Phi) is 4.20. The highest BCUT2D eigenvalue weighted by atomic mass is 16.7. The van der Waals surface area contributed by atoms with E-state index in [0.29, 0.717) is 0 Å². The average Bonchev–Trinajstić information content (AvgIpc) is 2.62. The van der Waals surface area contributed by atoms with Gasteiger partial charge in [0.25, 0.3) is 0 Å². The molecule has 1 aromatic heterocycles. The smallest absolute Gasteiger partial charge is 0.207 e. The van der Waals surface area contributed by atoms with Crippen LogP contribution in [0.25, 0.3) is 0 Å². The molecule has 0 aliphatic carbocycles. The molecule has 4 nitrogen and oxygen atoms in total. The number of hydrogen-bond donors (Lipinski definition) is 1. The van der Waals surface area contributed by atoms with E-state index in [-0.39, 0.29) is 6.29 Å². The van der Waals surface area contributed by atoms with Crippen molar-refractivity contribution in [2.45, 2.75) is 25.7 Å². The Morgan fingerprint density at radius 1 is 1.27 bits per heavy atom. The predicted octanol–water partition coefficient (Wildman–Crippen LogP) is 0.496. The summed E-state index contributed by atoms with van der Waals surface area (Å²) in [7, 11) is 0. The quantitative estimate of drug-likeness (QED) is 0.790. The van der Waals surface area contributed by atoms with Crippen LogP contribution in [0.4, 0.5) is 0 Å². The van der Waals surface area contributed by atoms with E-state index in [4.69, 9.17) is 13.9 Å². The first kappa shape index (κ1) is 10.7. The summed E-state index contributed by atoms with van der Waals surface area (Å²) in [5.41, 5.74) is 0. The number of ether oxygens (including phenoxy) is 2. The van der Waals surface area contributed by atoms with Crippen LogP contribution in [0.1, 0.15) is 18.6 Å². The van der Waals surface area contributed by atoms with E-state index < -0.39 is 0 Å². The Labute approximate surface area is 89.6 Å². The summed E-state index contributed by atoms with van der Waals surface area (Å²) in [6.45, 7) is 3.31. The Morgan fingerprint density at radius 3 is 2.73 bits per heavy atom. The molecule has 0 radical (unpaired) electrons. The van der Waals surface area contributed by atoms with Gasteiger partial charge in [0, 0.05) is 0 Å². The molecule has 2 N–H and O–H groups in total. The first-order chi connectivity index (χ1) is 7.45. The third-order valence-electron chi connectivity index (χ3n) is 2.43. The standard InChI is InChI=1S/C11H17NO3/c1-2-6-15-11(14-5-1)9-12-8-10-4-3-7-13-10/h3-4,7,11-12H,1-2,5-6,8-9H2/p+1. The van der Waals surface area contributed by atoms with Gasteiger partial charge in [-0.2, -0.15) is 0 Å². The molecule has 0 aromatic carbocycles. The van der Waals surface area contributed by atoms with Crippen molar-refractivity contribution < 1.29 is 19.2 Å². The van der Waals surface area contributed by atoms with E-state index in [1.165, 1.54) is 0 Å². The highest BCUT2D eigenvalue weighted by molar-refractivity contribution is 4.95. The maximum atomic E-state index is 5.54. The van der Waals surface area contributed by atoms with Crippen LogP contribution < -0.4 is 5.32 Å². The summed E-state index contributed by atoms with van der Waals surface area (Å²) in [5, 5.41) is 2.15. The van der Waals surface area contributed by atoms with Gasteiger partial charge >= 0.3 is 0 Å². The maximum Gasteiger partial charge on any atom is 0.207 e.